The van der Waals surface area contributed by atoms with Gasteiger partial charge in [-0.2, -0.15) is 4.57 Å². The highest BCUT2D eigenvalue weighted by molar-refractivity contribution is 6.04. The van der Waals surface area contributed by atoms with Crippen molar-refractivity contribution in [2.45, 2.75) is 71.8 Å². The second-order valence-electron chi connectivity index (χ2n) is 11.6. The van der Waals surface area contributed by atoms with Crippen LogP contribution < -0.4 is 4.57 Å². The number of para-hydroxylation sites is 1. The van der Waals surface area contributed by atoms with E-state index in [1.54, 1.807) is 11.1 Å². The summed E-state index contributed by atoms with van der Waals surface area (Å²) in [7, 11) is 0. The molecule has 0 amide bonds. The van der Waals surface area contributed by atoms with Crippen LogP contribution >= 0.6 is 0 Å². The molecule has 0 bridgehead atoms. The third-order valence-electron chi connectivity index (χ3n) is 9.85. The quantitative estimate of drug-likeness (QED) is 0.212. The summed E-state index contributed by atoms with van der Waals surface area (Å²) in [6.07, 6.45) is 12.2. The van der Waals surface area contributed by atoms with Gasteiger partial charge in [-0.1, -0.05) is 81.8 Å². The molecule has 4 aromatic rings. The highest BCUT2D eigenvalue weighted by Gasteiger charge is 2.55. The van der Waals surface area contributed by atoms with Crippen LogP contribution in [0.15, 0.2) is 84.0 Å². The normalized spacial score (nSPS) is 19.4. The van der Waals surface area contributed by atoms with Crippen molar-refractivity contribution in [1.29, 1.82) is 0 Å². The van der Waals surface area contributed by atoms with Gasteiger partial charge in [0.05, 0.1) is 5.56 Å². The van der Waals surface area contributed by atoms with E-state index in [9.17, 15) is 0 Å². The molecule has 0 saturated carbocycles. The first kappa shape index (κ1) is 23.0. The Balaban J connectivity index is 1.64. The van der Waals surface area contributed by atoms with Crippen molar-refractivity contribution in [3.63, 3.8) is 0 Å². The molecule has 3 aliphatic rings. The second kappa shape index (κ2) is 8.42. The molecule has 1 heteroatoms. The van der Waals surface area contributed by atoms with Crippen LogP contribution in [0.5, 0.6) is 0 Å². The van der Waals surface area contributed by atoms with Gasteiger partial charge in [-0.3, -0.25) is 0 Å². The van der Waals surface area contributed by atoms with Crippen LogP contribution in [0.4, 0.5) is 0 Å². The lowest BCUT2D eigenvalue weighted by Gasteiger charge is -2.34. The van der Waals surface area contributed by atoms with Crippen molar-refractivity contribution in [2.75, 3.05) is 0 Å². The number of benzene rings is 3. The largest absolute Gasteiger partial charge is 0.218 e. The van der Waals surface area contributed by atoms with Gasteiger partial charge in [-0.25, -0.2) is 0 Å². The molecule has 1 unspecified atom stereocenters. The van der Waals surface area contributed by atoms with Crippen molar-refractivity contribution >= 4 is 21.7 Å². The van der Waals surface area contributed by atoms with E-state index in [-0.39, 0.29) is 5.54 Å². The summed E-state index contributed by atoms with van der Waals surface area (Å²) < 4.78 is 2.79. The van der Waals surface area contributed by atoms with Crippen LogP contribution in [0.25, 0.3) is 32.9 Å². The van der Waals surface area contributed by atoms with Crippen LogP contribution in [-0.4, -0.2) is 0 Å². The Morgan fingerprint density at radius 3 is 2.32 bits per heavy atom. The zero-order valence-corrected chi connectivity index (χ0v) is 22.8. The summed E-state index contributed by atoms with van der Waals surface area (Å²) >= 11 is 0. The number of pyridine rings is 1. The van der Waals surface area contributed by atoms with Gasteiger partial charge in [0.15, 0.2) is 0 Å². The van der Waals surface area contributed by atoms with Gasteiger partial charge in [0.2, 0.25) is 16.7 Å². The minimum atomic E-state index is -0.170. The number of aromatic nitrogens is 1. The maximum absolute atomic E-state index is 2.79. The zero-order valence-electron chi connectivity index (χ0n) is 22.8. The van der Waals surface area contributed by atoms with Crippen LogP contribution in [0.3, 0.4) is 0 Å². The first-order chi connectivity index (χ1) is 18.1. The van der Waals surface area contributed by atoms with Crippen LogP contribution in [-0.2, 0) is 12.0 Å². The van der Waals surface area contributed by atoms with E-state index in [4.69, 9.17) is 0 Å². The number of fused-ring (bicyclic) bond motifs is 4. The lowest BCUT2D eigenvalue weighted by Crippen LogP contribution is -2.56. The number of hydrogen-bond acceptors (Lipinski definition) is 0. The summed E-state index contributed by atoms with van der Waals surface area (Å²) in [5.74, 6) is 1.24. The third kappa shape index (κ3) is 3.06. The first-order valence-corrected chi connectivity index (χ1v) is 14.6. The SMILES string of the molecule is CCC(CC)C1=CC2(CC(C(CC)CC)=C1)c1ccc3cccc4c3c1-c1c(cc3ccccc3[n+]12)C4. The Morgan fingerprint density at radius 2 is 1.54 bits per heavy atom. The van der Waals surface area contributed by atoms with Gasteiger partial charge in [0.1, 0.15) is 0 Å². The fourth-order valence-corrected chi connectivity index (χ4v) is 8.02. The van der Waals surface area contributed by atoms with Crippen molar-refractivity contribution in [1.82, 2.24) is 0 Å². The van der Waals surface area contributed by atoms with E-state index in [0.717, 1.165) is 12.8 Å². The van der Waals surface area contributed by atoms with Crippen LogP contribution in [0.2, 0.25) is 0 Å². The number of nitrogens with zero attached hydrogens (tertiary/aromatic N) is 1. The van der Waals surface area contributed by atoms with Gasteiger partial charge < -0.3 is 0 Å². The molecule has 0 saturated heterocycles. The van der Waals surface area contributed by atoms with E-state index in [1.807, 2.05) is 0 Å². The predicted octanol–water partition coefficient (Wildman–Crippen LogP) is 9.04. The van der Waals surface area contributed by atoms with Crippen molar-refractivity contribution in [3.8, 4) is 11.3 Å². The Morgan fingerprint density at radius 1 is 0.784 bits per heavy atom. The van der Waals surface area contributed by atoms with E-state index < -0.39 is 0 Å². The molecule has 0 radical (unpaired) electrons. The summed E-state index contributed by atoms with van der Waals surface area (Å²) in [5, 5.41) is 4.24. The molecule has 1 atom stereocenters. The topological polar surface area (TPSA) is 3.88 Å². The Labute approximate surface area is 221 Å². The molecule has 1 aliphatic heterocycles. The fourth-order valence-electron chi connectivity index (χ4n) is 8.02. The van der Waals surface area contributed by atoms with Gasteiger partial charge in [-0.05, 0) is 77.6 Å². The molecule has 186 valence electrons. The summed E-state index contributed by atoms with van der Waals surface area (Å²) in [5.41, 5.74) is 11.9. The molecule has 7 rings (SSSR count). The lowest BCUT2D eigenvalue weighted by atomic mass is 9.71. The molecular weight excluding hydrogens is 446 g/mol. The zero-order chi connectivity index (χ0) is 25.3. The average Bonchev–Trinajstić information content (AvgIpc) is 3.20. The maximum Gasteiger partial charge on any atom is 0.218 e. The number of hydrogen-bond donors (Lipinski definition) is 0. The third-order valence-corrected chi connectivity index (χ3v) is 9.85. The number of rotatable bonds is 6. The lowest BCUT2D eigenvalue weighted by molar-refractivity contribution is -0.703. The van der Waals surface area contributed by atoms with Crippen LogP contribution in [0, 0.1) is 11.8 Å². The summed E-state index contributed by atoms with van der Waals surface area (Å²) in [6.45, 7) is 9.49. The molecule has 0 fully saturated rings. The molecule has 3 aromatic carbocycles. The van der Waals surface area contributed by atoms with Gasteiger partial charge in [0.25, 0.3) is 0 Å². The van der Waals surface area contributed by atoms with E-state index in [1.165, 1.54) is 75.3 Å². The van der Waals surface area contributed by atoms with Gasteiger partial charge in [0, 0.05) is 35.4 Å². The fraction of sp³-hybridized carbons (Fsp3) is 0.361. The molecule has 1 nitrogen and oxygen atoms in total. The molecule has 1 aromatic heterocycles. The maximum atomic E-state index is 2.79. The minimum absolute atomic E-state index is 0.170. The molecule has 37 heavy (non-hydrogen) atoms. The standard InChI is InChI=1S/C36H38N/c1-5-23(6-2)29-20-30(24(7-3)8-4)22-36(21-29)31-17-16-25-13-11-14-27-19-28-18-26-12-9-10-15-32(26)37(36)35(28)34(31)33(25)27/h9-18,20-21,23-24H,5-8,19,22H2,1-4H3/q+1. The Bertz CT molecular complexity index is 1630. The Kier molecular flexibility index (Phi) is 5.22. The summed E-state index contributed by atoms with van der Waals surface area (Å²) in [6, 6.07) is 23.4. The minimum Gasteiger partial charge on any atom is -0.177 e. The summed E-state index contributed by atoms with van der Waals surface area (Å²) in [4.78, 5) is 0. The van der Waals surface area contributed by atoms with Crippen molar-refractivity contribution < 1.29 is 4.57 Å². The van der Waals surface area contributed by atoms with Gasteiger partial charge >= 0.3 is 0 Å². The molecule has 1 spiro atoms. The first-order valence-electron chi connectivity index (χ1n) is 14.6. The molecular formula is C36H38N+. The average molecular weight is 485 g/mol. The van der Waals surface area contributed by atoms with Crippen molar-refractivity contribution in [3.05, 3.63) is 101 Å². The number of allylic oxidation sites excluding steroid dienone is 4. The molecule has 2 aliphatic carbocycles. The molecule has 0 N–H and O–H groups in total. The van der Waals surface area contributed by atoms with E-state index in [0.29, 0.717) is 11.8 Å². The smallest absolute Gasteiger partial charge is 0.177 e. The Hall–Kier alpha value is -3.19. The predicted molar refractivity (Wildman–Crippen MR) is 156 cm³/mol. The highest BCUT2D eigenvalue weighted by atomic mass is 15.1. The van der Waals surface area contributed by atoms with E-state index in [2.05, 4.69) is 105 Å². The van der Waals surface area contributed by atoms with E-state index >= 15 is 0 Å². The van der Waals surface area contributed by atoms with Gasteiger partial charge in [-0.15, -0.1) is 0 Å². The van der Waals surface area contributed by atoms with Crippen LogP contribution in [0.1, 0.15) is 76.5 Å². The second-order valence-corrected chi connectivity index (χ2v) is 11.6. The highest BCUT2D eigenvalue weighted by Crippen LogP contribution is 2.53. The monoisotopic (exact) mass is 484 g/mol. The van der Waals surface area contributed by atoms with Crippen molar-refractivity contribution in [2.24, 2.45) is 11.8 Å². The molecule has 2 heterocycles.